The molecule has 1 aromatic rings. The maximum atomic E-state index is 4.50. The average Bonchev–Trinajstić information content (AvgIpc) is 2.57. The molecule has 0 spiro atoms. The molecule has 0 aliphatic heterocycles. The van der Waals surface area contributed by atoms with E-state index >= 15 is 0 Å². The Morgan fingerprint density at radius 1 is 1.11 bits per heavy atom. The van der Waals surface area contributed by atoms with Crippen LogP contribution in [0, 0.1) is 0 Å². The van der Waals surface area contributed by atoms with Crippen molar-refractivity contribution in [3.05, 3.63) is 11.6 Å². The van der Waals surface area contributed by atoms with E-state index in [1.807, 2.05) is 0 Å². The number of halogens is 1. The van der Waals surface area contributed by atoms with E-state index in [1.165, 1.54) is 44.3 Å². The van der Waals surface area contributed by atoms with Gasteiger partial charge in [-0.05, 0) is 33.6 Å². The van der Waals surface area contributed by atoms with E-state index in [0.29, 0.717) is 5.92 Å². The lowest BCUT2D eigenvalue weighted by molar-refractivity contribution is 0.357. The number of hydrogen-bond donors (Lipinski definition) is 0. The van der Waals surface area contributed by atoms with Gasteiger partial charge >= 0.3 is 0 Å². The molecule has 1 aromatic heterocycles. The van der Waals surface area contributed by atoms with E-state index in [2.05, 4.69) is 51.5 Å². The van der Waals surface area contributed by atoms with Gasteiger partial charge in [-0.3, -0.25) is 0 Å². The lowest BCUT2D eigenvalue weighted by atomic mass is 9.97. The Kier molecular flexibility index (Phi) is 4.46. The SMILES string of the molecule is CC(C)(C)n1c(CBr)nnc1C1CCCCCC1. The van der Waals surface area contributed by atoms with Crippen LogP contribution in [-0.4, -0.2) is 14.8 Å². The molecule has 2 rings (SSSR count). The Hall–Kier alpha value is -0.380. The Bertz CT molecular complexity index is 384. The summed E-state index contributed by atoms with van der Waals surface area (Å²) in [6, 6.07) is 0. The van der Waals surface area contributed by atoms with Crippen molar-refractivity contribution in [1.82, 2.24) is 14.8 Å². The van der Waals surface area contributed by atoms with Crippen molar-refractivity contribution >= 4 is 15.9 Å². The number of aromatic nitrogens is 3. The lowest BCUT2D eigenvalue weighted by Gasteiger charge is -2.27. The predicted octanol–water partition coefficient (Wildman–Crippen LogP) is 4.37. The second-order valence-corrected chi connectivity index (χ2v) is 6.86. The maximum Gasteiger partial charge on any atom is 0.144 e. The van der Waals surface area contributed by atoms with Crippen LogP contribution in [0.4, 0.5) is 0 Å². The normalized spacial score (nSPS) is 18.9. The van der Waals surface area contributed by atoms with Crippen LogP contribution in [0.25, 0.3) is 0 Å². The Balaban J connectivity index is 2.34. The van der Waals surface area contributed by atoms with Crippen LogP contribution in [0.5, 0.6) is 0 Å². The first-order valence-electron chi connectivity index (χ1n) is 7.04. The summed E-state index contributed by atoms with van der Waals surface area (Å²) >= 11 is 3.53. The molecule has 0 unspecified atom stereocenters. The molecule has 0 atom stereocenters. The van der Waals surface area contributed by atoms with Crippen LogP contribution >= 0.6 is 15.9 Å². The monoisotopic (exact) mass is 313 g/mol. The van der Waals surface area contributed by atoms with Crippen molar-refractivity contribution in [2.75, 3.05) is 0 Å². The van der Waals surface area contributed by atoms with Gasteiger partial charge in [-0.15, -0.1) is 10.2 Å². The standard InChI is InChI=1S/C14H24BrN3/c1-14(2,3)18-12(10-15)16-17-13(18)11-8-6-4-5-7-9-11/h11H,4-10H2,1-3H3. The van der Waals surface area contributed by atoms with Crippen LogP contribution < -0.4 is 0 Å². The van der Waals surface area contributed by atoms with Gasteiger partial charge in [0, 0.05) is 11.5 Å². The van der Waals surface area contributed by atoms with Gasteiger partial charge in [-0.2, -0.15) is 0 Å². The third kappa shape index (κ3) is 2.95. The highest BCUT2D eigenvalue weighted by Crippen LogP contribution is 2.33. The van der Waals surface area contributed by atoms with Crippen LogP contribution in [0.2, 0.25) is 0 Å². The molecule has 102 valence electrons. The van der Waals surface area contributed by atoms with Gasteiger partial charge in [-0.25, -0.2) is 0 Å². The van der Waals surface area contributed by atoms with E-state index in [0.717, 1.165) is 11.2 Å². The van der Waals surface area contributed by atoms with E-state index < -0.39 is 0 Å². The van der Waals surface area contributed by atoms with E-state index in [4.69, 9.17) is 0 Å². The minimum absolute atomic E-state index is 0.0637. The third-order valence-corrected chi connectivity index (χ3v) is 4.27. The molecule has 1 heterocycles. The van der Waals surface area contributed by atoms with E-state index in [1.54, 1.807) is 0 Å². The molecule has 1 aliphatic rings. The fourth-order valence-corrected chi connectivity index (χ4v) is 3.31. The topological polar surface area (TPSA) is 30.7 Å². The maximum absolute atomic E-state index is 4.50. The second-order valence-electron chi connectivity index (χ2n) is 6.30. The summed E-state index contributed by atoms with van der Waals surface area (Å²) in [5, 5.41) is 9.66. The van der Waals surface area contributed by atoms with Gasteiger partial charge in [0.1, 0.15) is 11.6 Å². The molecular formula is C14H24BrN3. The van der Waals surface area contributed by atoms with E-state index in [9.17, 15) is 0 Å². The number of rotatable bonds is 2. The molecule has 0 amide bonds. The summed E-state index contributed by atoms with van der Waals surface area (Å²) in [7, 11) is 0. The summed E-state index contributed by atoms with van der Waals surface area (Å²) in [6.45, 7) is 6.72. The first kappa shape index (κ1) is 14.0. The smallest absolute Gasteiger partial charge is 0.144 e. The minimum Gasteiger partial charge on any atom is -0.309 e. The van der Waals surface area contributed by atoms with Crippen molar-refractivity contribution in [2.24, 2.45) is 0 Å². The Labute approximate surface area is 118 Å². The second kappa shape index (κ2) is 5.72. The zero-order valence-corrected chi connectivity index (χ0v) is 13.3. The largest absolute Gasteiger partial charge is 0.309 e. The third-order valence-electron chi connectivity index (χ3n) is 3.77. The molecule has 0 aromatic carbocycles. The highest BCUT2D eigenvalue weighted by atomic mass is 79.9. The molecule has 1 fully saturated rings. The van der Waals surface area contributed by atoms with E-state index in [-0.39, 0.29) is 5.54 Å². The fourth-order valence-electron chi connectivity index (χ4n) is 2.95. The van der Waals surface area contributed by atoms with Gasteiger partial charge in [0.25, 0.3) is 0 Å². The number of nitrogens with zero attached hydrogens (tertiary/aromatic N) is 3. The van der Waals surface area contributed by atoms with Crippen molar-refractivity contribution in [3.8, 4) is 0 Å². The van der Waals surface area contributed by atoms with Crippen molar-refractivity contribution in [2.45, 2.75) is 76.1 Å². The molecule has 0 bridgehead atoms. The number of alkyl halides is 1. The van der Waals surface area contributed by atoms with Gasteiger partial charge < -0.3 is 4.57 Å². The quantitative estimate of drug-likeness (QED) is 0.599. The molecule has 18 heavy (non-hydrogen) atoms. The molecule has 0 radical (unpaired) electrons. The summed E-state index contributed by atoms with van der Waals surface area (Å²) < 4.78 is 2.34. The van der Waals surface area contributed by atoms with Crippen molar-refractivity contribution in [3.63, 3.8) is 0 Å². The first-order chi connectivity index (χ1) is 8.54. The highest BCUT2D eigenvalue weighted by Gasteiger charge is 2.27. The summed E-state index contributed by atoms with van der Waals surface area (Å²) in [5.41, 5.74) is 0.0637. The number of hydrogen-bond acceptors (Lipinski definition) is 2. The zero-order valence-electron chi connectivity index (χ0n) is 11.7. The van der Waals surface area contributed by atoms with Crippen molar-refractivity contribution in [1.29, 1.82) is 0 Å². The molecule has 3 nitrogen and oxygen atoms in total. The van der Waals surface area contributed by atoms with Gasteiger partial charge in [-0.1, -0.05) is 41.6 Å². The molecule has 1 aliphatic carbocycles. The van der Waals surface area contributed by atoms with Crippen LogP contribution in [0.3, 0.4) is 0 Å². The lowest BCUT2D eigenvalue weighted by Crippen LogP contribution is -2.27. The minimum atomic E-state index is 0.0637. The molecule has 4 heteroatoms. The first-order valence-corrected chi connectivity index (χ1v) is 8.17. The van der Waals surface area contributed by atoms with Crippen LogP contribution in [-0.2, 0) is 10.9 Å². The molecule has 0 saturated heterocycles. The zero-order chi connectivity index (χ0) is 13.2. The van der Waals surface area contributed by atoms with Crippen molar-refractivity contribution < 1.29 is 0 Å². The molecule has 0 N–H and O–H groups in total. The molecule has 1 saturated carbocycles. The summed E-state index contributed by atoms with van der Waals surface area (Å²) in [5.74, 6) is 2.87. The van der Waals surface area contributed by atoms with Gasteiger partial charge in [0.2, 0.25) is 0 Å². The van der Waals surface area contributed by atoms with Gasteiger partial charge in [0.15, 0.2) is 0 Å². The summed E-state index contributed by atoms with van der Waals surface area (Å²) in [6.07, 6.45) is 7.99. The predicted molar refractivity (Wildman–Crippen MR) is 78.1 cm³/mol. The highest BCUT2D eigenvalue weighted by molar-refractivity contribution is 9.08. The molecular weight excluding hydrogens is 290 g/mol. The van der Waals surface area contributed by atoms with Crippen LogP contribution in [0.15, 0.2) is 0 Å². The Morgan fingerprint density at radius 2 is 1.72 bits per heavy atom. The van der Waals surface area contributed by atoms with Gasteiger partial charge in [0.05, 0.1) is 5.33 Å². The fraction of sp³-hybridized carbons (Fsp3) is 0.857. The Morgan fingerprint density at radius 3 is 2.22 bits per heavy atom. The average molecular weight is 314 g/mol. The van der Waals surface area contributed by atoms with Crippen LogP contribution in [0.1, 0.15) is 76.9 Å². The summed E-state index contributed by atoms with van der Waals surface area (Å²) in [4.78, 5) is 0.